The number of nitrogens with zero attached hydrogens (tertiary/aromatic N) is 1. The molecule has 4 amide bonds. The largest absolute Gasteiger partial charge is 1.00 e. The minimum absolute atomic E-state index is 0. The summed E-state index contributed by atoms with van der Waals surface area (Å²) < 4.78 is 32.7. The zero-order chi connectivity index (χ0) is 21.8. The average Bonchev–Trinajstić information content (AvgIpc) is 2.67. The minimum Gasteiger partial charge on any atom is -0.731 e. The molecule has 0 bridgehead atoms. The van der Waals surface area contributed by atoms with E-state index in [9.17, 15) is 32.1 Å². The van der Waals surface area contributed by atoms with E-state index in [0.717, 1.165) is 0 Å². The van der Waals surface area contributed by atoms with E-state index >= 15 is 0 Å². The molecule has 12 nitrogen and oxygen atoms in total. The van der Waals surface area contributed by atoms with Crippen LogP contribution in [-0.2, 0) is 29.5 Å². The molecule has 0 aromatic heterocycles. The first-order chi connectivity index (χ1) is 13.5. The quantitative estimate of drug-likeness (QED) is 0.171. The molecule has 1 heterocycles. The Balaban J connectivity index is 0.00000450. The molecule has 1 aromatic rings. The van der Waals surface area contributed by atoms with Gasteiger partial charge in [0.15, 0.2) is 10.3 Å². The first kappa shape index (κ1) is 26.0. The smallest absolute Gasteiger partial charge is 0.731 e. The Kier molecular flexibility index (Phi) is 9.39. The van der Waals surface area contributed by atoms with E-state index in [1.54, 1.807) is 30.3 Å². The number of rotatable bonds is 8. The van der Waals surface area contributed by atoms with Crippen LogP contribution in [0.1, 0.15) is 18.0 Å². The summed E-state index contributed by atoms with van der Waals surface area (Å²) in [7, 11) is -3.56. The predicted molar refractivity (Wildman–Crippen MR) is 97.3 cm³/mol. The second-order valence-corrected chi connectivity index (χ2v) is 7.52. The Bertz CT molecular complexity index is 912. The van der Waals surface area contributed by atoms with Crippen molar-refractivity contribution >= 4 is 33.9 Å². The number of nitrogens with one attached hydrogen (secondary N) is 3. The third kappa shape index (κ3) is 6.48. The van der Waals surface area contributed by atoms with Crippen molar-refractivity contribution in [2.75, 3.05) is 13.6 Å². The molecule has 0 radical (unpaired) electrons. The summed E-state index contributed by atoms with van der Waals surface area (Å²) in [6, 6.07) is 4.32. The summed E-state index contributed by atoms with van der Waals surface area (Å²) >= 11 is 0. The molecule has 1 fully saturated rings. The van der Waals surface area contributed by atoms with Gasteiger partial charge in [-0.25, -0.2) is 12.7 Å². The molecule has 158 valence electrons. The van der Waals surface area contributed by atoms with Gasteiger partial charge in [-0.1, -0.05) is 30.3 Å². The molecule has 0 spiro atoms. The summed E-state index contributed by atoms with van der Waals surface area (Å²) in [6.45, 7) is -0.498. The van der Waals surface area contributed by atoms with E-state index in [0.29, 0.717) is 5.56 Å². The van der Waals surface area contributed by atoms with E-state index in [4.69, 9.17) is 5.73 Å². The maximum atomic E-state index is 12.6. The average molecular weight is 449 g/mol. The zero-order valence-electron chi connectivity index (χ0n) is 16.3. The standard InChI is InChI=1S/C16H21N5O7S.Na/c1-18-12(22)7-10(17)14(23)20-13(9-5-3-2-4-6-9)15(24)19-11-8-21(16(11)25)29(26,27)28;/h2-6,10-11,13H,7-8,17H2,1H3,(H,18,22)(H,19,24)(H,20,23)(H,26,27,28);/q;+1/p-1. The molecule has 1 aliphatic rings. The first-order valence-electron chi connectivity index (χ1n) is 8.44. The molecule has 3 unspecified atom stereocenters. The van der Waals surface area contributed by atoms with Crippen LogP contribution < -0.4 is 51.2 Å². The van der Waals surface area contributed by atoms with Crippen molar-refractivity contribution in [3.8, 4) is 0 Å². The van der Waals surface area contributed by atoms with Crippen molar-refractivity contribution < 1.29 is 61.7 Å². The van der Waals surface area contributed by atoms with Crippen LogP contribution in [0.2, 0.25) is 0 Å². The zero-order valence-corrected chi connectivity index (χ0v) is 19.1. The topological polar surface area (TPSA) is 191 Å². The Hall–Kier alpha value is -2.03. The van der Waals surface area contributed by atoms with Crippen LogP contribution in [0.5, 0.6) is 0 Å². The molecule has 5 N–H and O–H groups in total. The Labute approximate surface area is 195 Å². The van der Waals surface area contributed by atoms with Gasteiger partial charge in [-0.05, 0) is 5.56 Å². The third-order valence-corrected chi connectivity index (χ3v) is 5.05. The SMILES string of the molecule is CNC(=O)CC(N)C(=O)NC(C(=O)NC1CN(S(=O)(=O)[O-])C1=O)c1ccccc1.[Na+]. The Morgan fingerprint density at radius 3 is 2.33 bits per heavy atom. The van der Waals surface area contributed by atoms with Gasteiger partial charge in [0.1, 0.15) is 12.1 Å². The monoisotopic (exact) mass is 449 g/mol. The molecule has 1 saturated heterocycles. The van der Waals surface area contributed by atoms with E-state index in [2.05, 4.69) is 16.0 Å². The number of hydrogen-bond acceptors (Lipinski definition) is 8. The van der Waals surface area contributed by atoms with Crippen LogP contribution in [0.25, 0.3) is 0 Å². The van der Waals surface area contributed by atoms with Crippen LogP contribution in [0.3, 0.4) is 0 Å². The molecule has 14 heteroatoms. The van der Waals surface area contributed by atoms with Gasteiger partial charge in [0, 0.05) is 7.05 Å². The molecular formula is C16H20N5NaO7S. The van der Waals surface area contributed by atoms with Gasteiger partial charge in [-0.2, -0.15) is 0 Å². The number of carbonyl (C=O) groups excluding carboxylic acids is 4. The van der Waals surface area contributed by atoms with Gasteiger partial charge in [0.25, 0.3) is 5.91 Å². The van der Waals surface area contributed by atoms with Gasteiger partial charge in [0.05, 0.1) is 19.0 Å². The van der Waals surface area contributed by atoms with Gasteiger partial charge >= 0.3 is 29.6 Å². The molecule has 3 atom stereocenters. The summed E-state index contributed by atoms with van der Waals surface area (Å²) in [4.78, 5) is 48.1. The van der Waals surface area contributed by atoms with Crippen molar-refractivity contribution in [3.63, 3.8) is 0 Å². The van der Waals surface area contributed by atoms with Crippen molar-refractivity contribution in [3.05, 3.63) is 35.9 Å². The van der Waals surface area contributed by atoms with Crippen LogP contribution in [0.15, 0.2) is 30.3 Å². The number of carbonyl (C=O) groups is 4. The van der Waals surface area contributed by atoms with Gasteiger partial charge in [0.2, 0.25) is 17.7 Å². The molecule has 0 saturated carbocycles. The van der Waals surface area contributed by atoms with E-state index < -0.39 is 58.6 Å². The number of hydrogen-bond donors (Lipinski definition) is 4. The van der Waals surface area contributed by atoms with E-state index in [1.165, 1.54) is 7.05 Å². The Morgan fingerprint density at radius 1 is 1.23 bits per heavy atom. The van der Waals surface area contributed by atoms with Gasteiger partial charge < -0.3 is 26.2 Å². The molecular weight excluding hydrogens is 429 g/mol. The van der Waals surface area contributed by atoms with Gasteiger partial charge in [-0.15, -0.1) is 0 Å². The fourth-order valence-electron chi connectivity index (χ4n) is 2.55. The van der Waals surface area contributed by atoms with Crippen LogP contribution in [0.4, 0.5) is 0 Å². The number of nitrogens with two attached hydrogens (primary N) is 1. The van der Waals surface area contributed by atoms with Crippen molar-refractivity contribution in [2.45, 2.75) is 24.5 Å². The second kappa shape index (κ2) is 10.8. The Morgan fingerprint density at radius 2 is 1.83 bits per heavy atom. The van der Waals surface area contributed by atoms with Crippen LogP contribution in [0, 0.1) is 0 Å². The predicted octanol–water partition coefficient (Wildman–Crippen LogP) is -5.90. The summed E-state index contributed by atoms with van der Waals surface area (Å²) in [5.74, 6) is -3.12. The normalized spacial score (nSPS) is 17.6. The molecule has 1 aliphatic heterocycles. The van der Waals surface area contributed by atoms with Crippen molar-refractivity contribution in [1.82, 2.24) is 20.3 Å². The maximum Gasteiger partial charge on any atom is 1.00 e. The second-order valence-electron chi connectivity index (χ2n) is 6.22. The maximum absolute atomic E-state index is 12.6. The summed E-state index contributed by atoms with van der Waals surface area (Å²) in [5, 5.41) is 7.03. The third-order valence-electron chi connectivity index (χ3n) is 4.18. The van der Waals surface area contributed by atoms with Crippen molar-refractivity contribution in [1.29, 1.82) is 0 Å². The number of β-lactam (4-membered cyclic amide) rings is 1. The number of benzene rings is 1. The summed E-state index contributed by atoms with van der Waals surface area (Å²) in [5.41, 5.74) is 6.05. The van der Waals surface area contributed by atoms with Crippen molar-refractivity contribution in [2.24, 2.45) is 5.73 Å². The molecule has 2 rings (SSSR count). The molecule has 0 aliphatic carbocycles. The fraction of sp³-hybridized carbons (Fsp3) is 0.375. The van der Waals surface area contributed by atoms with Gasteiger partial charge in [-0.3, -0.25) is 19.2 Å². The first-order valence-corrected chi connectivity index (χ1v) is 9.80. The van der Waals surface area contributed by atoms with Crippen LogP contribution >= 0.6 is 0 Å². The van der Waals surface area contributed by atoms with Crippen LogP contribution in [-0.4, -0.2) is 66.6 Å². The molecule has 1 aromatic carbocycles. The minimum atomic E-state index is -4.94. The summed E-state index contributed by atoms with van der Waals surface area (Å²) in [6.07, 6.45) is -0.303. The number of amides is 4. The molecule has 30 heavy (non-hydrogen) atoms. The van der Waals surface area contributed by atoms with E-state index in [1.807, 2.05) is 0 Å². The fourth-order valence-corrected chi connectivity index (χ4v) is 3.23. The van der Waals surface area contributed by atoms with E-state index in [-0.39, 0.29) is 40.3 Å².